The summed E-state index contributed by atoms with van der Waals surface area (Å²) in [6, 6.07) is 5.57. The Labute approximate surface area is 119 Å². The summed E-state index contributed by atoms with van der Waals surface area (Å²) in [7, 11) is 0. The lowest BCUT2D eigenvalue weighted by Gasteiger charge is -2.11. The van der Waals surface area contributed by atoms with Crippen molar-refractivity contribution in [1.29, 1.82) is 0 Å². The molecular formula is C13H14FN5O2. The number of nitrogens with zero attached hydrogens (tertiary/aromatic N) is 3. The van der Waals surface area contributed by atoms with E-state index in [2.05, 4.69) is 15.7 Å². The summed E-state index contributed by atoms with van der Waals surface area (Å²) in [6.07, 6.45) is 0. The number of hydrogen-bond donors (Lipinski definition) is 2. The van der Waals surface area contributed by atoms with Crippen molar-refractivity contribution < 1.29 is 9.18 Å². The van der Waals surface area contributed by atoms with Crippen LogP contribution in [0.5, 0.6) is 0 Å². The smallest absolute Gasteiger partial charge is 0.324 e. The number of anilines is 1. The number of carbonyl (C=O) groups is 1. The van der Waals surface area contributed by atoms with Gasteiger partial charge in [-0.3, -0.25) is 9.36 Å². The van der Waals surface area contributed by atoms with E-state index in [0.29, 0.717) is 31.1 Å². The molecule has 1 aromatic carbocycles. The third kappa shape index (κ3) is 2.84. The van der Waals surface area contributed by atoms with Crippen molar-refractivity contribution in [1.82, 2.24) is 19.7 Å². The molecule has 2 N–H and O–H groups in total. The zero-order valence-corrected chi connectivity index (χ0v) is 11.2. The molecule has 2 aromatic rings. The van der Waals surface area contributed by atoms with Gasteiger partial charge in [0, 0.05) is 18.8 Å². The van der Waals surface area contributed by atoms with Gasteiger partial charge in [-0.15, -0.1) is 0 Å². The number of fused-ring (bicyclic) bond motifs is 1. The summed E-state index contributed by atoms with van der Waals surface area (Å²) >= 11 is 0. The summed E-state index contributed by atoms with van der Waals surface area (Å²) < 4.78 is 15.7. The van der Waals surface area contributed by atoms with E-state index >= 15 is 0 Å². The molecule has 1 aromatic heterocycles. The highest BCUT2D eigenvalue weighted by Gasteiger charge is 2.17. The molecule has 0 bridgehead atoms. The van der Waals surface area contributed by atoms with Crippen molar-refractivity contribution in [2.45, 2.75) is 19.6 Å². The van der Waals surface area contributed by atoms with Gasteiger partial charge in [-0.25, -0.2) is 13.9 Å². The minimum Gasteiger partial charge on any atom is -0.324 e. The number of aromatic nitrogens is 3. The van der Waals surface area contributed by atoms with E-state index in [1.165, 1.54) is 18.2 Å². The second kappa shape index (κ2) is 5.49. The average molecular weight is 291 g/mol. The fourth-order valence-corrected chi connectivity index (χ4v) is 2.24. The van der Waals surface area contributed by atoms with Gasteiger partial charge < -0.3 is 10.6 Å². The second-order valence-electron chi connectivity index (χ2n) is 4.74. The number of amides is 1. The maximum absolute atomic E-state index is 13.0. The lowest BCUT2D eigenvalue weighted by molar-refractivity contribution is -0.117. The molecule has 0 aliphatic carbocycles. The molecule has 0 atom stereocenters. The van der Waals surface area contributed by atoms with Crippen LogP contribution in [0.2, 0.25) is 0 Å². The van der Waals surface area contributed by atoms with E-state index in [-0.39, 0.29) is 12.2 Å². The topological polar surface area (TPSA) is 81.0 Å². The minimum atomic E-state index is -0.437. The maximum atomic E-state index is 13.0. The van der Waals surface area contributed by atoms with Gasteiger partial charge in [0.05, 0.1) is 6.54 Å². The lowest BCUT2D eigenvalue weighted by Crippen LogP contribution is -2.35. The first-order valence-corrected chi connectivity index (χ1v) is 6.56. The molecule has 1 aliphatic heterocycles. The molecule has 8 heteroatoms. The van der Waals surface area contributed by atoms with Gasteiger partial charge in [0.2, 0.25) is 5.91 Å². The Kier molecular flexibility index (Phi) is 3.53. The quantitative estimate of drug-likeness (QED) is 0.829. The van der Waals surface area contributed by atoms with Crippen LogP contribution in [0.4, 0.5) is 10.1 Å². The Morgan fingerprint density at radius 1 is 1.48 bits per heavy atom. The molecule has 7 nitrogen and oxygen atoms in total. The predicted octanol–water partition coefficient (Wildman–Crippen LogP) is -0.0742. The summed E-state index contributed by atoms with van der Waals surface area (Å²) in [6.45, 7) is 1.55. The summed E-state index contributed by atoms with van der Waals surface area (Å²) in [5.74, 6) is -0.246. The number of hydrogen-bond acceptors (Lipinski definition) is 4. The van der Waals surface area contributed by atoms with Crippen LogP contribution in [-0.4, -0.2) is 26.8 Å². The van der Waals surface area contributed by atoms with Crippen molar-refractivity contribution in [3.63, 3.8) is 0 Å². The van der Waals surface area contributed by atoms with Crippen LogP contribution in [-0.2, 0) is 24.4 Å². The largest absolute Gasteiger partial charge is 0.346 e. The Hall–Kier alpha value is -2.48. The fourth-order valence-electron chi connectivity index (χ4n) is 2.24. The van der Waals surface area contributed by atoms with Crippen LogP contribution in [0.15, 0.2) is 29.1 Å². The van der Waals surface area contributed by atoms with E-state index in [1.54, 1.807) is 10.6 Å². The molecule has 0 fully saturated rings. The third-order valence-electron chi connectivity index (χ3n) is 3.20. The molecule has 0 saturated heterocycles. The van der Waals surface area contributed by atoms with Crippen molar-refractivity contribution in [3.8, 4) is 0 Å². The van der Waals surface area contributed by atoms with Gasteiger partial charge in [-0.2, -0.15) is 5.10 Å². The lowest BCUT2D eigenvalue weighted by atomic mass is 10.3. The van der Waals surface area contributed by atoms with Crippen LogP contribution in [0.25, 0.3) is 0 Å². The highest BCUT2D eigenvalue weighted by Crippen LogP contribution is 2.09. The van der Waals surface area contributed by atoms with Crippen LogP contribution < -0.4 is 16.3 Å². The molecule has 0 radical (unpaired) electrons. The van der Waals surface area contributed by atoms with E-state index in [4.69, 9.17) is 0 Å². The molecule has 1 aliphatic rings. The molecule has 1 amide bonds. The monoisotopic (exact) mass is 291 g/mol. The fraction of sp³-hybridized carbons (Fsp3) is 0.308. The SMILES string of the molecule is O=C(Cn1nc2n(c1=O)CCNC2)Nc1cccc(F)c1. The van der Waals surface area contributed by atoms with Crippen LogP contribution in [0.3, 0.4) is 0 Å². The normalized spacial score (nSPS) is 13.8. The number of carbonyl (C=O) groups excluding carboxylic acids is 1. The van der Waals surface area contributed by atoms with Gasteiger partial charge in [0.15, 0.2) is 0 Å². The number of halogens is 1. The molecule has 110 valence electrons. The van der Waals surface area contributed by atoms with E-state index in [1.807, 2.05) is 0 Å². The van der Waals surface area contributed by atoms with Crippen molar-refractivity contribution >= 4 is 11.6 Å². The molecule has 21 heavy (non-hydrogen) atoms. The zero-order valence-electron chi connectivity index (χ0n) is 11.2. The standard InChI is InChI=1S/C13H14FN5O2/c14-9-2-1-3-10(6-9)16-12(20)8-19-13(21)18-5-4-15-7-11(18)17-19/h1-3,6,15H,4-5,7-8H2,(H,16,20). The summed E-state index contributed by atoms with van der Waals surface area (Å²) in [4.78, 5) is 24.0. The van der Waals surface area contributed by atoms with Crippen LogP contribution in [0, 0.1) is 5.82 Å². The van der Waals surface area contributed by atoms with E-state index < -0.39 is 11.7 Å². The van der Waals surface area contributed by atoms with Gasteiger partial charge in [-0.05, 0) is 18.2 Å². The van der Waals surface area contributed by atoms with Crippen LogP contribution in [0.1, 0.15) is 5.82 Å². The van der Waals surface area contributed by atoms with Gasteiger partial charge in [0.25, 0.3) is 0 Å². The Morgan fingerprint density at radius 2 is 2.33 bits per heavy atom. The zero-order chi connectivity index (χ0) is 14.8. The van der Waals surface area contributed by atoms with Gasteiger partial charge >= 0.3 is 5.69 Å². The molecule has 0 spiro atoms. The second-order valence-corrected chi connectivity index (χ2v) is 4.74. The molecule has 2 heterocycles. The van der Waals surface area contributed by atoms with Gasteiger partial charge in [0.1, 0.15) is 18.2 Å². The highest BCUT2D eigenvalue weighted by atomic mass is 19.1. The molecular weight excluding hydrogens is 277 g/mol. The number of nitrogens with one attached hydrogen (secondary N) is 2. The van der Waals surface area contributed by atoms with Gasteiger partial charge in [-0.1, -0.05) is 6.07 Å². The summed E-state index contributed by atoms with van der Waals surface area (Å²) in [5, 5.41) is 9.76. The first-order chi connectivity index (χ1) is 10.1. The predicted molar refractivity (Wildman–Crippen MR) is 73.2 cm³/mol. The van der Waals surface area contributed by atoms with E-state index in [0.717, 1.165) is 4.68 Å². The first kappa shape index (κ1) is 13.5. The van der Waals surface area contributed by atoms with Crippen molar-refractivity contribution in [2.24, 2.45) is 0 Å². The molecule has 0 saturated carbocycles. The number of benzene rings is 1. The Bertz CT molecular complexity index is 736. The summed E-state index contributed by atoms with van der Waals surface area (Å²) in [5.41, 5.74) is 0.0413. The number of rotatable bonds is 3. The van der Waals surface area contributed by atoms with Crippen molar-refractivity contribution in [3.05, 3.63) is 46.4 Å². The average Bonchev–Trinajstić information content (AvgIpc) is 2.76. The maximum Gasteiger partial charge on any atom is 0.346 e. The van der Waals surface area contributed by atoms with Crippen molar-refractivity contribution in [2.75, 3.05) is 11.9 Å². The first-order valence-electron chi connectivity index (χ1n) is 6.56. The minimum absolute atomic E-state index is 0.199. The van der Waals surface area contributed by atoms with Crippen LogP contribution >= 0.6 is 0 Å². The Morgan fingerprint density at radius 3 is 3.10 bits per heavy atom. The molecule has 3 rings (SSSR count). The Balaban J connectivity index is 1.73. The highest BCUT2D eigenvalue weighted by molar-refractivity contribution is 5.90. The third-order valence-corrected chi connectivity index (χ3v) is 3.20. The van der Waals surface area contributed by atoms with E-state index in [9.17, 15) is 14.0 Å². The molecule has 0 unspecified atom stereocenters.